The molecular weight excluding hydrogens is 170 g/mol. The van der Waals surface area contributed by atoms with Gasteiger partial charge in [-0.15, -0.1) is 0 Å². The molecule has 0 aliphatic heterocycles. The first-order valence-electron chi connectivity index (χ1n) is 2.71. The van der Waals surface area contributed by atoms with Crippen molar-refractivity contribution in [3.63, 3.8) is 0 Å². The van der Waals surface area contributed by atoms with Crippen LogP contribution in [-0.4, -0.2) is 11.4 Å². The van der Waals surface area contributed by atoms with Crippen LogP contribution in [0.1, 0.15) is 0 Å². The zero-order valence-electron chi connectivity index (χ0n) is 5.31. The van der Waals surface area contributed by atoms with Crippen molar-refractivity contribution < 1.29 is 8.78 Å². The van der Waals surface area contributed by atoms with Crippen molar-refractivity contribution in [2.45, 2.75) is 0 Å². The van der Waals surface area contributed by atoms with Gasteiger partial charge in [-0.2, -0.15) is 0 Å². The number of nitrogens with one attached hydrogen (secondary N) is 1. The number of hydrogen-bond donors (Lipinski definition) is 2. The molecular formula is C6H4F2N2S. The summed E-state index contributed by atoms with van der Waals surface area (Å²) in [5.74, 6) is -2.07. The van der Waals surface area contributed by atoms with E-state index in [0.29, 0.717) is 0 Å². The Morgan fingerprint density at radius 1 is 1.27 bits per heavy atom. The molecule has 58 valence electrons. The summed E-state index contributed by atoms with van der Waals surface area (Å²) in [5, 5.41) is 7.06. The van der Waals surface area contributed by atoms with Gasteiger partial charge in [0.25, 0.3) is 0 Å². The third kappa shape index (κ3) is 1.54. The maximum Gasteiger partial charge on any atom is 0.161 e. The third-order valence-corrected chi connectivity index (χ3v) is 1.36. The maximum atomic E-state index is 12.4. The molecule has 1 N–H and O–H groups in total. The van der Waals surface area contributed by atoms with Crippen LogP contribution in [0.3, 0.4) is 0 Å². The molecule has 0 atom stereocenters. The largest absolute Gasteiger partial charge is 0.298 e. The molecule has 1 aliphatic rings. The molecule has 0 unspecified atom stereocenters. The van der Waals surface area contributed by atoms with Crippen LogP contribution < -0.4 is 0 Å². The van der Waals surface area contributed by atoms with Gasteiger partial charge in [0.1, 0.15) is 0 Å². The van der Waals surface area contributed by atoms with Crippen molar-refractivity contribution in [3.05, 3.63) is 23.8 Å². The lowest BCUT2D eigenvalue weighted by Gasteiger charge is -2.03. The molecule has 0 heterocycles. The molecule has 1 aliphatic carbocycles. The SMILES string of the molecule is N=C1C=C(F)C(F)=C/C1=N/S. The first-order chi connectivity index (χ1) is 5.15. The van der Waals surface area contributed by atoms with Crippen molar-refractivity contribution in [2.75, 3.05) is 0 Å². The van der Waals surface area contributed by atoms with Crippen LogP contribution in [-0.2, 0) is 0 Å². The monoisotopic (exact) mass is 174 g/mol. The molecule has 5 heteroatoms. The summed E-state index contributed by atoms with van der Waals surface area (Å²) in [7, 11) is 0. The van der Waals surface area contributed by atoms with E-state index in [9.17, 15) is 8.78 Å². The lowest BCUT2D eigenvalue weighted by Crippen LogP contribution is -2.11. The van der Waals surface area contributed by atoms with Gasteiger partial charge in [-0.25, -0.2) is 13.2 Å². The van der Waals surface area contributed by atoms with E-state index >= 15 is 0 Å². The normalized spacial score (nSPS) is 21.7. The summed E-state index contributed by atoms with van der Waals surface area (Å²) in [6.45, 7) is 0. The van der Waals surface area contributed by atoms with E-state index in [-0.39, 0.29) is 11.4 Å². The molecule has 0 aromatic carbocycles. The Hall–Kier alpha value is -0.970. The highest BCUT2D eigenvalue weighted by Gasteiger charge is 2.15. The highest BCUT2D eigenvalue weighted by atomic mass is 32.1. The quantitative estimate of drug-likeness (QED) is 0.416. The Labute approximate surface area is 67.4 Å². The molecule has 0 radical (unpaired) electrons. The van der Waals surface area contributed by atoms with Gasteiger partial charge in [-0.3, -0.25) is 5.41 Å². The van der Waals surface area contributed by atoms with E-state index in [4.69, 9.17) is 5.41 Å². The number of halogens is 2. The molecule has 0 spiro atoms. The van der Waals surface area contributed by atoms with Gasteiger partial charge in [0.15, 0.2) is 11.7 Å². The fourth-order valence-electron chi connectivity index (χ4n) is 0.619. The van der Waals surface area contributed by atoms with Gasteiger partial charge < -0.3 is 0 Å². The summed E-state index contributed by atoms with van der Waals surface area (Å²) < 4.78 is 28.0. The number of allylic oxidation sites excluding steroid dienone is 4. The van der Waals surface area contributed by atoms with E-state index in [1.807, 2.05) is 0 Å². The Kier molecular flexibility index (Phi) is 2.19. The van der Waals surface area contributed by atoms with Gasteiger partial charge in [0.2, 0.25) is 0 Å². The molecule has 0 bridgehead atoms. The van der Waals surface area contributed by atoms with Crippen LogP contribution in [0.5, 0.6) is 0 Å². The molecule has 0 amide bonds. The lowest BCUT2D eigenvalue weighted by molar-refractivity contribution is 0.546. The molecule has 0 saturated carbocycles. The van der Waals surface area contributed by atoms with Gasteiger partial charge in [-0.1, -0.05) is 0 Å². The summed E-state index contributed by atoms with van der Waals surface area (Å²) in [6, 6.07) is 0. The highest BCUT2D eigenvalue weighted by Crippen LogP contribution is 2.17. The van der Waals surface area contributed by atoms with Crippen LogP contribution in [0.2, 0.25) is 0 Å². The van der Waals surface area contributed by atoms with Crippen LogP contribution in [0.25, 0.3) is 0 Å². The topological polar surface area (TPSA) is 36.2 Å². The van der Waals surface area contributed by atoms with E-state index in [0.717, 1.165) is 12.2 Å². The van der Waals surface area contributed by atoms with E-state index in [2.05, 4.69) is 17.2 Å². The highest BCUT2D eigenvalue weighted by molar-refractivity contribution is 7.79. The second kappa shape index (κ2) is 2.96. The predicted molar refractivity (Wildman–Crippen MR) is 42.5 cm³/mol. The first-order valence-corrected chi connectivity index (χ1v) is 3.11. The summed E-state index contributed by atoms with van der Waals surface area (Å²) in [6.07, 6.45) is 1.58. The Morgan fingerprint density at radius 2 is 1.82 bits per heavy atom. The number of thiol groups is 1. The van der Waals surface area contributed by atoms with Crippen LogP contribution in [0.4, 0.5) is 8.78 Å². The lowest BCUT2D eigenvalue weighted by atomic mass is 10.1. The minimum atomic E-state index is -1.05. The fraction of sp³-hybridized carbons (Fsp3) is 0. The molecule has 1 rings (SSSR count). The zero-order chi connectivity index (χ0) is 8.43. The van der Waals surface area contributed by atoms with Crippen molar-refractivity contribution in [3.8, 4) is 0 Å². The van der Waals surface area contributed by atoms with Crippen LogP contribution >= 0.6 is 12.8 Å². The van der Waals surface area contributed by atoms with Crippen molar-refractivity contribution >= 4 is 24.2 Å². The summed E-state index contributed by atoms with van der Waals surface area (Å²) in [4.78, 5) is 0. The van der Waals surface area contributed by atoms with Gasteiger partial charge in [-0.05, 0) is 12.8 Å². The first kappa shape index (κ1) is 8.13. The summed E-state index contributed by atoms with van der Waals surface area (Å²) >= 11 is 3.48. The van der Waals surface area contributed by atoms with Crippen molar-refractivity contribution in [2.24, 2.45) is 4.40 Å². The van der Waals surface area contributed by atoms with E-state index in [1.54, 1.807) is 0 Å². The predicted octanol–water partition coefficient (Wildman–Crippen LogP) is 2.01. The molecule has 2 nitrogen and oxygen atoms in total. The zero-order valence-corrected chi connectivity index (χ0v) is 6.20. The summed E-state index contributed by atoms with van der Waals surface area (Å²) in [5.41, 5.74) is -0.161. The van der Waals surface area contributed by atoms with Gasteiger partial charge >= 0.3 is 0 Å². The van der Waals surface area contributed by atoms with E-state index in [1.165, 1.54) is 0 Å². The fourth-order valence-corrected chi connectivity index (χ4v) is 0.785. The maximum absolute atomic E-state index is 12.4. The standard InChI is InChI=1S/C6H4F2N2S/c7-3-1-5(9)6(10-11)2-4(3)8/h1-2,9,11H/b9-5?,10-6-. The molecule has 0 aromatic heterocycles. The van der Waals surface area contributed by atoms with Gasteiger partial charge in [0, 0.05) is 12.2 Å². The molecule has 11 heavy (non-hydrogen) atoms. The Morgan fingerprint density at radius 3 is 2.36 bits per heavy atom. The van der Waals surface area contributed by atoms with Crippen LogP contribution in [0.15, 0.2) is 28.2 Å². The molecule has 0 saturated heterocycles. The minimum absolute atomic E-state index is 0.0206. The Bertz CT molecular complexity index is 291. The van der Waals surface area contributed by atoms with Crippen LogP contribution in [0, 0.1) is 5.41 Å². The number of nitrogens with zero attached hydrogens (tertiary/aromatic N) is 1. The third-order valence-electron chi connectivity index (χ3n) is 1.15. The van der Waals surface area contributed by atoms with E-state index < -0.39 is 11.7 Å². The number of rotatable bonds is 0. The Balaban J connectivity index is 3.08. The smallest absolute Gasteiger partial charge is 0.161 e. The number of hydrogen-bond acceptors (Lipinski definition) is 3. The second-order valence-corrected chi connectivity index (χ2v) is 2.08. The van der Waals surface area contributed by atoms with Crippen molar-refractivity contribution in [1.82, 2.24) is 0 Å². The average Bonchev–Trinajstić information content (AvgIpc) is 1.97. The molecule has 0 aromatic rings. The molecule has 0 fully saturated rings. The average molecular weight is 174 g/mol. The van der Waals surface area contributed by atoms with Crippen molar-refractivity contribution in [1.29, 1.82) is 5.41 Å². The second-order valence-electron chi connectivity index (χ2n) is 1.88. The minimum Gasteiger partial charge on any atom is -0.298 e. The van der Waals surface area contributed by atoms with Gasteiger partial charge in [0.05, 0.1) is 11.4 Å².